The topological polar surface area (TPSA) is 83.8 Å². The fourth-order valence-corrected chi connectivity index (χ4v) is 1.61. The molecule has 5 nitrogen and oxygen atoms in total. The van der Waals surface area contributed by atoms with Gasteiger partial charge in [0.05, 0.1) is 17.4 Å². The number of amides is 1. The molecule has 17 heavy (non-hydrogen) atoms. The van der Waals surface area contributed by atoms with Crippen LogP contribution in [-0.4, -0.2) is 16.1 Å². The Morgan fingerprint density at radius 1 is 1.53 bits per heavy atom. The van der Waals surface area contributed by atoms with Crippen molar-refractivity contribution in [1.82, 2.24) is 10.2 Å². The third kappa shape index (κ3) is 2.44. The first kappa shape index (κ1) is 11.6. The molecule has 2 rings (SSSR count). The van der Waals surface area contributed by atoms with Crippen LogP contribution in [0.2, 0.25) is 0 Å². The fraction of sp³-hybridized carbons (Fsp3) is 0. The highest BCUT2D eigenvalue weighted by Crippen LogP contribution is 2.18. The largest absolute Gasteiger partial charge is 0.394 e. The van der Waals surface area contributed by atoms with Crippen LogP contribution in [0.5, 0.6) is 0 Å². The molecule has 4 N–H and O–H groups in total. The van der Waals surface area contributed by atoms with Crippen LogP contribution < -0.4 is 11.1 Å². The van der Waals surface area contributed by atoms with Gasteiger partial charge in [0, 0.05) is 4.47 Å². The van der Waals surface area contributed by atoms with E-state index >= 15 is 0 Å². The molecule has 1 aromatic carbocycles. The molecular weight excluding hydrogens is 291 g/mol. The summed E-state index contributed by atoms with van der Waals surface area (Å²) >= 11 is 3.17. The summed E-state index contributed by atoms with van der Waals surface area (Å²) < 4.78 is 14.0. The first-order valence-electron chi connectivity index (χ1n) is 4.63. The lowest BCUT2D eigenvalue weighted by Crippen LogP contribution is -2.15. The van der Waals surface area contributed by atoms with Crippen molar-refractivity contribution in [3.05, 3.63) is 40.2 Å². The van der Waals surface area contributed by atoms with E-state index in [4.69, 9.17) is 5.73 Å². The van der Waals surface area contributed by atoms with Crippen molar-refractivity contribution in [1.29, 1.82) is 0 Å². The zero-order valence-corrected chi connectivity index (χ0v) is 10.1. The van der Waals surface area contributed by atoms with E-state index in [1.807, 2.05) is 0 Å². The summed E-state index contributed by atoms with van der Waals surface area (Å²) in [6, 6.07) is 4.10. The molecule has 0 aliphatic carbocycles. The van der Waals surface area contributed by atoms with E-state index in [1.165, 1.54) is 24.4 Å². The molecular formula is C10H8BrFN4O. The van der Waals surface area contributed by atoms with Crippen molar-refractivity contribution >= 4 is 33.3 Å². The molecule has 7 heteroatoms. The highest BCUT2D eigenvalue weighted by atomic mass is 79.9. The van der Waals surface area contributed by atoms with Crippen molar-refractivity contribution < 1.29 is 9.18 Å². The molecule has 88 valence electrons. The van der Waals surface area contributed by atoms with Gasteiger partial charge in [-0.3, -0.25) is 9.89 Å². The zero-order chi connectivity index (χ0) is 12.4. The Labute approximate surface area is 104 Å². The van der Waals surface area contributed by atoms with Crippen LogP contribution in [0.15, 0.2) is 28.9 Å². The maximum Gasteiger partial charge on any atom is 0.259 e. The van der Waals surface area contributed by atoms with E-state index in [0.717, 1.165) is 0 Å². The van der Waals surface area contributed by atoms with Crippen molar-refractivity contribution in [3.8, 4) is 0 Å². The molecule has 2 aromatic rings. The van der Waals surface area contributed by atoms with Crippen LogP contribution in [-0.2, 0) is 0 Å². The summed E-state index contributed by atoms with van der Waals surface area (Å²) in [7, 11) is 0. The molecule has 0 saturated heterocycles. The van der Waals surface area contributed by atoms with Gasteiger partial charge in [-0.1, -0.05) is 15.9 Å². The summed E-state index contributed by atoms with van der Waals surface area (Å²) in [5.74, 6) is -0.960. The summed E-state index contributed by atoms with van der Waals surface area (Å²) in [4.78, 5) is 11.8. The van der Waals surface area contributed by atoms with Gasteiger partial charge in [-0.25, -0.2) is 4.39 Å². The number of halogens is 2. The second-order valence-electron chi connectivity index (χ2n) is 3.28. The van der Waals surface area contributed by atoms with E-state index in [0.29, 0.717) is 4.47 Å². The maximum absolute atomic E-state index is 13.4. The van der Waals surface area contributed by atoms with Crippen molar-refractivity contribution in [2.75, 3.05) is 11.1 Å². The fourth-order valence-electron chi connectivity index (χ4n) is 1.25. The average Bonchev–Trinajstić information content (AvgIpc) is 2.68. The molecule has 1 amide bonds. The molecule has 0 radical (unpaired) electrons. The Kier molecular flexibility index (Phi) is 3.10. The number of aromatic amines is 1. The lowest BCUT2D eigenvalue weighted by atomic mass is 10.2. The predicted octanol–water partition coefficient (Wildman–Crippen LogP) is 2.15. The van der Waals surface area contributed by atoms with Gasteiger partial charge >= 0.3 is 0 Å². The lowest BCUT2D eigenvalue weighted by Gasteiger charge is -2.05. The first-order chi connectivity index (χ1) is 8.08. The monoisotopic (exact) mass is 298 g/mol. The van der Waals surface area contributed by atoms with Gasteiger partial charge in [-0.05, 0) is 18.2 Å². The second-order valence-corrected chi connectivity index (χ2v) is 4.19. The third-order valence-electron chi connectivity index (χ3n) is 2.08. The quantitative estimate of drug-likeness (QED) is 0.794. The smallest absolute Gasteiger partial charge is 0.259 e. The number of hydrogen-bond acceptors (Lipinski definition) is 3. The first-order valence-corrected chi connectivity index (χ1v) is 5.42. The molecule has 0 saturated carbocycles. The van der Waals surface area contributed by atoms with Gasteiger partial charge in [-0.15, -0.1) is 0 Å². The molecule has 0 fully saturated rings. The van der Waals surface area contributed by atoms with Gasteiger partial charge < -0.3 is 11.1 Å². The van der Waals surface area contributed by atoms with Crippen molar-refractivity contribution in [2.45, 2.75) is 0 Å². The maximum atomic E-state index is 13.4. The van der Waals surface area contributed by atoms with Crippen LogP contribution in [0.1, 0.15) is 10.4 Å². The highest BCUT2D eigenvalue weighted by Gasteiger charge is 2.14. The number of benzene rings is 1. The van der Waals surface area contributed by atoms with Gasteiger partial charge in [0.1, 0.15) is 5.82 Å². The minimum absolute atomic E-state index is 0.0756. The number of rotatable bonds is 2. The molecule has 0 atom stereocenters. The summed E-state index contributed by atoms with van der Waals surface area (Å²) in [6.45, 7) is 0. The SMILES string of the molecule is Nc1cn[nH]c1NC(=O)c1cc(Br)ccc1F. The minimum atomic E-state index is -0.608. The Balaban J connectivity index is 2.26. The van der Waals surface area contributed by atoms with Gasteiger partial charge in [0.25, 0.3) is 5.91 Å². The zero-order valence-electron chi connectivity index (χ0n) is 8.50. The van der Waals surface area contributed by atoms with Crippen LogP contribution in [0.25, 0.3) is 0 Å². The average molecular weight is 299 g/mol. The third-order valence-corrected chi connectivity index (χ3v) is 2.57. The standard InChI is InChI=1S/C10H8BrFN4O/c11-5-1-2-7(12)6(3-5)10(17)15-9-8(13)4-14-16-9/h1-4H,13H2,(H2,14,15,16,17). The molecule has 1 aromatic heterocycles. The molecule has 1 heterocycles. The Hall–Kier alpha value is -1.89. The van der Waals surface area contributed by atoms with Crippen LogP contribution in [0, 0.1) is 5.82 Å². The Morgan fingerprint density at radius 3 is 2.94 bits per heavy atom. The molecule has 0 aliphatic heterocycles. The molecule has 0 unspecified atom stereocenters. The number of hydrogen-bond donors (Lipinski definition) is 3. The number of nitrogens with zero attached hydrogens (tertiary/aromatic N) is 1. The normalized spacial score (nSPS) is 10.2. The summed E-state index contributed by atoms with van der Waals surface area (Å²) in [5, 5.41) is 8.57. The van der Waals surface area contributed by atoms with E-state index in [9.17, 15) is 9.18 Å². The number of anilines is 2. The second kappa shape index (κ2) is 4.54. The summed E-state index contributed by atoms with van der Waals surface area (Å²) in [6.07, 6.45) is 1.35. The number of aromatic nitrogens is 2. The van der Waals surface area contributed by atoms with Crippen molar-refractivity contribution in [2.24, 2.45) is 0 Å². The Bertz CT molecular complexity index is 569. The van der Waals surface area contributed by atoms with Crippen LogP contribution in [0.4, 0.5) is 15.9 Å². The predicted molar refractivity (Wildman–Crippen MR) is 65.1 cm³/mol. The molecule has 0 spiro atoms. The lowest BCUT2D eigenvalue weighted by molar-refractivity contribution is 0.102. The van der Waals surface area contributed by atoms with Crippen LogP contribution in [0.3, 0.4) is 0 Å². The summed E-state index contributed by atoms with van der Waals surface area (Å²) in [5.41, 5.74) is 5.73. The molecule has 0 bridgehead atoms. The Morgan fingerprint density at radius 2 is 2.29 bits per heavy atom. The van der Waals surface area contributed by atoms with Gasteiger partial charge in [0.15, 0.2) is 5.82 Å². The van der Waals surface area contributed by atoms with Crippen molar-refractivity contribution in [3.63, 3.8) is 0 Å². The number of nitrogen functional groups attached to an aromatic ring is 1. The van der Waals surface area contributed by atoms with E-state index in [1.54, 1.807) is 0 Å². The van der Waals surface area contributed by atoms with E-state index < -0.39 is 11.7 Å². The van der Waals surface area contributed by atoms with Gasteiger partial charge in [0.2, 0.25) is 0 Å². The van der Waals surface area contributed by atoms with E-state index in [2.05, 4.69) is 31.4 Å². The number of carbonyl (C=O) groups is 1. The minimum Gasteiger partial charge on any atom is -0.394 e. The van der Waals surface area contributed by atoms with E-state index in [-0.39, 0.29) is 17.1 Å². The molecule has 0 aliphatic rings. The number of nitrogens with one attached hydrogen (secondary N) is 2. The number of nitrogens with two attached hydrogens (primary N) is 1. The highest BCUT2D eigenvalue weighted by molar-refractivity contribution is 9.10. The number of carbonyl (C=O) groups excluding carboxylic acids is 1. The number of H-pyrrole nitrogens is 1. The van der Waals surface area contributed by atoms with Crippen LogP contribution >= 0.6 is 15.9 Å². The van der Waals surface area contributed by atoms with Gasteiger partial charge in [-0.2, -0.15) is 5.10 Å².